The van der Waals surface area contributed by atoms with E-state index in [0.29, 0.717) is 25.3 Å². The van der Waals surface area contributed by atoms with Gasteiger partial charge in [0.2, 0.25) is 0 Å². The Hall–Kier alpha value is -1.84. The van der Waals surface area contributed by atoms with E-state index in [4.69, 9.17) is 4.74 Å². The van der Waals surface area contributed by atoms with Crippen molar-refractivity contribution in [3.8, 4) is 0 Å². The second kappa shape index (κ2) is 9.23. The number of ether oxygens (including phenoxy) is 1. The first-order valence-corrected chi connectivity index (χ1v) is 8.01. The normalized spacial score (nSPS) is 10.4. The number of benzene rings is 1. The van der Waals surface area contributed by atoms with E-state index in [1.54, 1.807) is 11.8 Å². The molecule has 0 aliphatic rings. The van der Waals surface area contributed by atoms with Gasteiger partial charge in [0.15, 0.2) is 0 Å². The molecule has 1 aromatic rings. The first-order valence-electron chi connectivity index (χ1n) is 8.01. The predicted molar refractivity (Wildman–Crippen MR) is 88.0 cm³/mol. The van der Waals surface area contributed by atoms with Crippen LogP contribution < -0.4 is 0 Å². The molecule has 0 heterocycles. The van der Waals surface area contributed by atoms with Crippen molar-refractivity contribution in [1.29, 1.82) is 0 Å². The Balaban J connectivity index is 2.78. The summed E-state index contributed by atoms with van der Waals surface area (Å²) in [5.74, 6) is -0.266. The van der Waals surface area contributed by atoms with E-state index < -0.39 is 0 Å². The molecule has 1 aromatic carbocycles. The third kappa shape index (κ3) is 5.51. The third-order valence-electron chi connectivity index (χ3n) is 3.71. The lowest BCUT2D eigenvalue weighted by Gasteiger charge is -2.22. The molecule has 22 heavy (non-hydrogen) atoms. The van der Waals surface area contributed by atoms with Crippen LogP contribution in [0.15, 0.2) is 18.2 Å². The summed E-state index contributed by atoms with van der Waals surface area (Å²) in [6, 6.07) is 5.74. The summed E-state index contributed by atoms with van der Waals surface area (Å²) >= 11 is 0. The molecule has 0 aliphatic heterocycles. The molecule has 0 bridgehead atoms. The van der Waals surface area contributed by atoms with Crippen LogP contribution >= 0.6 is 0 Å². The molecular weight excluding hydrogens is 278 g/mol. The number of carbonyl (C=O) groups excluding carboxylic acids is 2. The maximum atomic E-state index is 12.7. The van der Waals surface area contributed by atoms with Gasteiger partial charge in [-0.25, -0.2) is 0 Å². The maximum Gasteiger partial charge on any atom is 0.307 e. The van der Waals surface area contributed by atoms with Crippen molar-refractivity contribution in [3.05, 3.63) is 34.9 Å². The van der Waals surface area contributed by atoms with Gasteiger partial charge < -0.3 is 9.64 Å². The van der Waals surface area contributed by atoms with Crippen molar-refractivity contribution in [2.75, 3.05) is 19.7 Å². The Morgan fingerprint density at radius 3 is 2.41 bits per heavy atom. The summed E-state index contributed by atoms with van der Waals surface area (Å²) in [4.78, 5) is 25.9. The highest BCUT2D eigenvalue weighted by atomic mass is 16.5. The molecule has 0 radical (unpaired) electrons. The number of rotatable bonds is 8. The molecule has 0 unspecified atom stereocenters. The van der Waals surface area contributed by atoms with Crippen LogP contribution in [-0.2, 0) is 9.53 Å². The van der Waals surface area contributed by atoms with Crippen LogP contribution in [0.2, 0.25) is 0 Å². The number of carbonyl (C=O) groups is 2. The molecule has 1 rings (SSSR count). The number of amides is 1. The minimum absolute atomic E-state index is 0.0131. The van der Waals surface area contributed by atoms with Crippen LogP contribution in [0.4, 0.5) is 0 Å². The Bertz CT molecular complexity index is 511. The predicted octanol–water partition coefficient (Wildman–Crippen LogP) is 3.50. The Morgan fingerprint density at radius 2 is 1.82 bits per heavy atom. The largest absolute Gasteiger partial charge is 0.466 e. The van der Waals surface area contributed by atoms with Gasteiger partial charge in [-0.15, -0.1) is 0 Å². The Morgan fingerprint density at radius 1 is 1.09 bits per heavy atom. The van der Waals surface area contributed by atoms with Crippen LogP contribution in [-0.4, -0.2) is 36.5 Å². The van der Waals surface area contributed by atoms with Gasteiger partial charge in [-0.1, -0.05) is 19.4 Å². The van der Waals surface area contributed by atoms with Gasteiger partial charge >= 0.3 is 5.97 Å². The van der Waals surface area contributed by atoms with Crippen LogP contribution in [0.3, 0.4) is 0 Å². The summed E-state index contributed by atoms with van der Waals surface area (Å²) in [5, 5.41) is 0. The fourth-order valence-electron chi connectivity index (χ4n) is 2.18. The van der Waals surface area contributed by atoms with E-state index >= 15 is 0 Å². The van der Waals surface area contributed by atoms with Gasteiger partial charge in [0.25, 0.3) is 5.91 Å². The fourth-order valence-corrected chi connectivity index (χ4v) is 2.18. The van der Waals surface area contributed by atoms with Crippen LogP contribution in [0.5, 0.6) is 0 Å². The maximum absolute atomic E-state index is 12.7. The summed E-state index contributed by atoms with van der Waals surface area (Å²) in [7, 11) is 0. The van der Waals surface area contributed by atoms with Crippen molar-refractivity contribution in [2.24, 2.45) is 0 Å². The lowest BCUT2D eigenvalue weighted by atomic mass is 10.1. The second-order valence-corrected chi connectivity index (χ2v) is 5.50. The average Bonchev–Trinajstić information content (AvgIpc) is 2.50. The molecule has 0 spiro atoms. The highest BCUT2D eigenvalue weighted by Gasteiger charge is 2.17. The zero-order valence-corrected chi connectivity index (χ0v) is 14.1. The van der Waals surface area contributed by atoms with Crippen molar-refractivity contribution >= 4 is 11.9 Å². The van der Waals surface area contributed by atoms with Crippen molar-refractivity contribution in [3.63, 3.8) is 0 Å². The molecule has 0 saturated carbocycles. The molecule has 4 nitrogen and oxygen atoms in total. The van der Waals surface area contributed by atoms with Gasteiger partial charge in [0.1, 0.15) is 0 Å². The number of aryl methyl sites for hydroxylation is 2. The zero-order valence-electron chi connectivity index (χ0n) is 14.1. The first-order chi connectivity index (χ1) is 10.5. The summed E-state index contributed by atoms with van der Waals surface area (Å²) in [6.07, 6.45) is 2.18. The van der Waals surface area contributed by atoms with Gasteiger partial charge in [0, 0.05) is 18.7 Å². The molecule has 1 amide bonds. The Labute approximate surface area is 133 Å². The first kappa shape index (κ1) is 18.2. The minimum Gasteiger partial charge on any atom is -0.466 e. The SMILES string of the molecule is CCCCN(CCC(=O)OCC)C(=O)c1ccc(C)c(C)c1. The smallest absolute Gasteiger partial charge is 0.307 e. The molecule has 0 fully saturated rings. The highest BCUT2D eigenvalue weighted by Crippen LogP contribution is 2.13. The van der Waals surface area contributed by atoms with E-state index in [1.807, 2.05) is 32.0 Å². The van der Waals surface area contributed by atoms with E-state index in [9.17, 15) is 9.59 Å². The van der Waals surface area contributed by atoms with E-state index in [-0.39, 0.29) is 18.3 Å². The minimum atomic E-state index is -0.253. The number of nitrogens with zero attached hydrogens (tertiary/aromatic N) is 1. The third-order valence-corrected chi connectivity index (χ3v) is 3.71. The lowest BCUT2D eigenvalue weighted by Crippen LogP contribution is -2.34. The number of unbranched alkanes of at least 4 members (excludes halogenated alkanes) is 1. The molecule has 0 saturated heterocycles. The number of hydrogen-bond donors (Lipinski definition) is 0. The quantitative estimate of drug-likeness (QED) is 0.691. The van der Waals surface area contributed by atoms with E-state index in [1.165, 1.54) is 5.56 Å². The summed E-state index contributed by atoms with van der Waals surface area (Å²) < 4.78 is 4.94. The van der Waals surface area contributed by atoms with Crippen molar-refractivity contribution < 1.29 is 14.3 Å². The monoisotopic (exact) mass is 305 g/mol. The summed E-state index contributed by atoms with van der Waals surface area (Å²) in [5.41, 5.74) is 2.96. The van der Waals surface area contributed by atoms with Gasteiger partial charge in [-0.05, 0) is 50.5 Å². The molecule has 122 valence electrons. The van der Waals surface area contributed by atoms with Crippen molar-refractivity contribution in [2.45, 2.75) is 47.0 Å². The average molecular weight is 305 g/mol. The molecule has 0 aromatic heterocycles. The number of hydrogen-bond acceptors (Lipinski definition) is 3. The summed E-state index contributed by atoms with van der Waals surface area (Å²) in [6.45, 7) is 9.35. The molecule has 0 N–H and O–H groups in total. The van der Waals surface area contributed by atoms with Gasteiger partial charge in [-0.3, -0.25) is 9.59 Å². The van der Waals surface area contributed by atoms with Crippen LogP contribution in [0, 0.1) is 13.8 Å². The Kier molecular flexibility index (Phi) is 7.64. The molecule has 0 aliphatic carbocycles. The highest BCUT2D eigenvalue weighted by molar-refractivity contribution is 5.94. The van der Waals surface area contributed by atoms with E-state index in [2.05, 4.69) is 6.92 Å². The second-order valence-electron chi connectivity index (χ2n) is 5.50. The van der Waals surface area contributed by atoms with Gasteiger partial charge in [0.05, 0.1) is 13.0 Å². The molecular formula is C18H27NO3. The lowest BCUT2D eigenvalue weighted by molar-refractivity contribution is -0.143. The van der Waals surface area contributed by atoms with Gasteiger partial charge in [-0.2, -0.15) is 0 Å². The zero-order chi connectivity index (χ0) is 16.5. The van der Waals surface area contributed by atoms with E-state index in [0.717, 1.165) is 18.4 Å². The number of esters is 1. The topological polar surface area (TPSA) is 46.6 Å². The fraction of sp³-hybridized carbons (Fsp3) is 0.556. The van der Waals surface area contributed by atoms with Crippen LogP contribution in [0.25, 0.3) is 0 Å². The van der Waals surface area contributed by atoms with Crippen molar-refractivity contribution in [1.82, 2.24) is 4.90 Å². The standard InChI is InChI=1S/C18H27NO3/c1-5-7-11-19(12-10-17(20)22-6-2)18(21)16-9-8-14(3)15(4)13-16/h8-9,13H,5-7,10-12H2,1-4H3. The van der Waals surface area contributed by atoms with Crippen LogP contribution in [0.1, 0.15) is 54.6 Å². The molecule has 4 heteroatoms. The molecule has 0 atom stereocenters.